The molecule has 0 aromatic heterocycles. The van der Waals surface area contributed by atoms with E-state index in [1.807, 2.05) is 0 Å². The highest BCUT2D eigenvalue weighted by molar-refractivity contribution is 5.76. The third-order valence-corrected chi connectivity index (χ3v) is 5.95. The zero-order valence-electron chi connectivity index (χ0n) is 13.5. The first kappa shape index (κ1) is 13.6. The van der Waals surface area contributed by atoms with Gasteiger partial charge in [-0.1, -0.05) is 36.4 Å². The summed E-state index contributed by atoms with van der Waals surface area (Å²) < 4.78 is 12.2. The van der Waals surface area contributed by atoms with Crippen LogP contribution in [-0.2, 0) is 27.1 Å². The van der Waals surface area contributed by atoms with E-state index in [0.717, 1.165) is 12.8 Å². The number of hydrogen-bond acceptors (Lipinski definition) is 3. The predicted octanol–water partition coefficient (Wildman–Crippen LogP) is 3.30. The van der Waals surface area contributed by atoms with Crippen molar-refractivity contribution in [3.8, 4) is 0 Å². The number of rotatable bonds is 0. The van der Waals surface area contributed by atoms with E-state index in [-0.39, 0.29) is 23.6 Å². The van der Waals surface area contributed by atoms with Gasteiger partial charge in [0.25, 0.3) is 0 Å². The molecule has 0 radical (unpaired) electrons. The zero-order chi connectivity index (χ0) is 15.8. The van der Waals surface area contributed by atoms with Gasteiger partial charge in [-0.3, -0.25) is 4.79 Å². The van der Waals surface area contributed by atoms with Gasteiger partial charge < -0.3 is 9.47 Å². The number of carbonyl (C=O) groups is 1. The molecule has 2 saturated heterocycles. The Balaban J connectivity index is 1.69. The summed E-state index contributed by atoms with van der Waals surface area (Å²) in [5, 5.41) is 0. The lowest BCUT2D eigenvalue weighted by Gasteiger charge is -2.33. The molecule has 3 heteroatoms. The lowest BCUT2D eigenvalue weighted by molar-refractivity contribution is -0.151. The fourth-order valence-corrected chi connectivity index (χ4v) is 5.00. The van der Waals surface area contributed by atoms with Crippen molar-refractivity contribution in [3.05, 3.63) is 46.5 Å². The van der Waals surface area contributed by atoms with Crippen LogP contribution < -0.4 is 0 Å². The number of benzene rings is 1. The first-order valence-electron chi connectivity index (χ1n) is 8.39. The topological polar surface area (TPSA) is 35.5 Å². The number of ether oxygens (including phenoxy) is 2. The van der Waals surface area contributed by atoms with E-state index >= 15 is 0 Å². The second-order valence-electron chi connectivity index (χ2n) is 7.67. The van der Waals surface area contributed by atoms with E-state index in [1.54, 1.807) is 0 Å². The molecule has 1 aromatic rings. The van der Waals surface area contributed by atoms with Gasteiger partial charge in [-0.15, -0.1) is 0 Å². The molecule has 2 aliphatic heterocycles. The highest BCUT2D eigenvalue weighted by Gasteiger charge is 2.65. The van der Waals surface area contributed by atoms with Crippen LogP contribution >= 0.6 is 0 Å². The number of fused-ring (bicyclic) bond motifs is 3. The lowest BCUT2D eigenvalue weighted by atomic mass is 9.75. The van der Waals surface area contributed by atoms with Gasteiger partial charge in [0, 0.05) is 12.3 Å². The Morgan fingerprint density at radius 3 is 2.96 bits per heavy atom. The Morgan fingerprint density at radius 2 is 2.09 bits per heavy atom. The van der Waals surface area contributed by atoms with Crippen LogP contribution in [0.3, 0.4) is 0 Å². The minimum absolute atomic E-state index is 0.0869. The van der Waals surface area contributed by atoms with E-state index in [2.05, 4.69) is 50.3 Å². The Hall–Kier alpha value is -1.87. The number of allylic oxidation sites excluding steroid dienone is 1. The molecule has 0 amide bonds. The molecule has 1 aromatic carbocycles. The van der Waals surface area contributed by atoms with Crippen LogP contribution in [0.15, 0.2) is 24.3 Å². The van der Waals surface area contributed by atoms with Crippen molar-refractivity contribution in [1.29, 1.82) is 0 Å². The molecule has 2 heterocycles. The van der Waals surface area contributed by atoms with Crippen LogP contribution in [0.4, 0.5) is 0 Å². The molecule has 3 nitrogen and oxygen atoms in total. The molecule has 3 atom stereocenters. The molecule has 2 aliphatic carbocycles. The number of carbonyl (C=O) groups excluding carboxylic acids is 1. The molecule has 4 aliphatic rings. The molecule has 23 heavy (non-hydrogen) atoms. The summed E-state index contributed by atoms with van der Waals surface area (Å²) in [5.74, 6) is -0.0426. The average Bonchev–Trinajstić information content (AvgIpc) is 3.06. The summed E-state index contributed by atoms with van der Waals surface area (Å²) in [7, 11) is 0. The average molecular weight is 308 g/mol. The van der Waals surface area contributed by atoms with Gasteiger partial charge in [0.05, 0.1) is 12.0 Å². The van der Waals surface area contributed by atoms with E-state index < -0.39 is 5.60 Å². The molecular weight excluding hydrogens is 288 g/mol. The molecule has 0 unspecified atom stereocenters. The standard InChI is InChI=1S/C20H20O3/c1-19(2)16-9-8-15-13(7-6-12-4-3-5-14(12)15)11-20(16)17(22-19)10-18(21)23-20/h3-4,6-9,16-17H,5,10-11H2,1-2H3/t16-,17-,20-/m0/s1. The first-order valence-corrected chi connectivity index (χ1v) is 8.39. The highest BCUT2D eigenvalue weighted by Crippen LogP contribution is 2.54. The monoisotopic (exact) mass is 308 g/mol. The third kappa shape index (κ3) is 1.66. The molecular formula is C20H20O3. The maximum absolute atomic E-state index is 12.0. The molecule has 0 saturated carbocycles. The fraction of sp³-hybridized carbons (Fsp3) is 0.450. The summed E-state index contributed by atoms with van der Waals surface area (Å²) >= 11 is 0. The second kappa shape index (κ2) is 4.15. The van der Waals surface area contributed by atoms with Crippen molar-refractivity contribution in [2.45, 2.75) is 50.4 Å². The molecule has 2 fully saturated rings. The van der Waals surface area contributed by atoms with Crippen LogP contribution in [0, 0.1) is 5.92 Å². The summed E-state index contributed by atoms with van der Waals surface area (Å²) in [4.78, 5) is 12.0. The molecule has 1 spiro atoms. The van der Waals surface area contributed by atoms with Crippen LogP contribution in [-0.4, -0.2) is 23.3 Å². The van der Waals surface area contributed by atoms with Crippen molar-refractivity contribution in [2.24, 2.45) is 5.92 Å². The van der Waals surface area contributed by atoms with Crippen LogP contribution in [0.5, 0.6) is 0 Å². The van der Waals surface area contributed by atoms with E-state index in [9.17, 15) is 4.79 Å². The normalized spacial score (nSPS) is 35.3. The Bertz CT molecular complexity index is 786. The van der Waals surface area contributed by atoms with Gasteiger partial charge in [-0.05, 0) is 42.5 Å². The van der Waals surface area contributed by atoms with Crippen molar-refractivity contribution >= 4 is 18.1 Å². The lowest BCUT2D eigenvalue weighted by Crippen LogP contribution is -2.45. The van der Waals surface area contributed by atoms with Crippen molar-refractivity contribution in [3.63, 3.8) is 0 Å². The van der Waals surface area contributed by atoms with Gasteiger partial charge in [-0.2, -0.15) is 0 Å². The summed E-state index contributed by atoms with van der Waals surface area (Å²) in [6, 6.07) is 4.38. The smallest absolute Gasteiger partial charge is 0.309 e. The summed E-state index contributed by atoms with van der Waals surface area (Å²) in [6.45, 7) is 4.22. The molecule has 0 bridgehead atoms. The van der Waals surface area contributed by atoms with Crippen LogP contribution in [0.2, 0.25) is 0 Å². The largest absolute Gasteiger partial charge is 0.455 e. The number of hydrogen-bond donors (Lipinski definition) is 0. The molecule has 0 N–H and O–H groups in total. The summed E-state index contributed by atoms with van der Waals surface area (Å²) in [6.07, 6.45) is 10.8. The maximum atomic E-state index is 12.0. The Kier molecular flexibility index (Phi) is 2.45. The van der Waals surface area contributed by atoms with Crippen molar-refractivity contribution < 1.29 is 14.3 Å². The quantitative estimate of drug-likeness (QED) is 0.690. The van der Waals surface area contributed by atoms with Crippen LogP contribution in [0.25, 0.3) is 12.2 Å². The SMILES string of the molecule is CC1(C)O[C@H]2CC(=O)O[C@]23Cc2ccc4c(c2C=C[C@@H]13)CC=C4. The minimum atomic E-state index is -0.539. The van der Waals surface area contributed by atoms with E-state index in [0.29, 0.717) is 6.42 Å². The Morgan fingerprint density at radius 1 is 1.22 bits per heavy atom. The first-order chi connectivity index (χ1) is 11.0. The number of esters is 1. The zero-order valence-corrected chi connectivity index (χ0v) is 13.5. The van der Waals surface area contributed by atoms with Crippen molar-refractivity contribution in [2.75, 3.05) is 0 Å². The maximum Gasteiger partial charge on any atom is 0.309 e. The van der Waals surface area contributed by atoms with Gasteiger partial charge in [0.1, 0.15) is 6.10 Å². The van der Waals surface area contributed by atoms with Gasteiger partial charge >= 0.3 is 5.97 Å². The Labute approximate surface area is 136 Å². The van der Waals surface area contributed by atoms with E-state index in [4.69, 9.17) is 9.47 Å². The molecule has 118 valence electrons. The van der Waals surface area contributed by atoms with Gasteiger partial charge in [0.2, 0.25) is 0 Å². The fourth-order valence-electron chi connectivity index (χ4n) is 5.00. The molecule has 5 rings (SSSR count). The minimum Gasteiger partial charge on any atom is -0.455 e. The van der Waals surface area contributed by atoms with Gasteiger partial charge in [-0.25, -0.2) is 0 Å². The summed E-state index contributed by atoms with van der Waals surface area (Å²) in [5.41, 5.74) is 4.44. The predicted molar refractivity (Wildman–Crippen MR) is 87.8 cm³/mol. The van der Waals surface area contributed by atoms with Crippen molar-refractivity contribution in [1.82, 2.24) is 0 Å². The second-order valence-corrected chi connectivity index (χ2v) is 7.67. The van der Waals surface area contributed by atoms with Crippen LogP contribution in [0.1, 0.15) is 42.5 Å². The van der Waals surface area contributed by atoms with Gasteiger partial charge in [0.15, 0.2) is 5.60 Å². The highest BCUT2D eigenvalue weighted by atomic mass is 16.6. The third-order valence-electron chi connectivity index (χ3n) is 5.95. The van der Waals surface area contributed by atoms with E-state index in [1.165, 1.54) is 22.3 Å².